The van der Waals surface area contributed by atoms with Crippen molar-refractivity contribution >= 4 is 5.91 Å². The normalized spacial score (nSPS) is 16.9. The summed E-state index contributed by atoms with van der Waals surface area (Å²) in [7, 11) is 2.11. The molecule has 0 atom stereocenters. The predicted octanol–water partition coefficient (Wildman–Crippen LogP) is 1.66. The summed E-state index contributed by atoms with van der Waals surface area (Å²) in [6.45, 7) is 2.79. The van der Waals surface area contributed by atoms with Gasteiger partial charge in [0.25, 0.3) is 5.91 Å². The van der Waals surface area contributed by atoms with Crippen LogP contribution < -0.4 is 10.1 Å². The van der Waals surface area contributed by atoms with Gasteiger partial charge >= 0.3 is 0 Å². The summed E-state index contributed by atoms with van der Waals surface area (Å²) < 4.78 is 18.2. The first kappa shape index (κ1) is 14.8. The minimum atomic E-state index is -0.366. The standard InChI is InChI=1S/C15H21FN2O2/c1-18-7-5-12(6-8-18)10-17-15(19)11-20-14-4-2-3-13(16)9-14/h2-4,9,12H,5-8,10-11H2,1H3,(H,17,19). The number of likely N-dealkylation sites (tertiary alicyclic amines) is 1. The smallest absolute Gasteiger partial charge is 0.257 e. The highest BCUT2D eigenvalue weighted by atomic mass is 19.1. The molecule has 1 aliphatic rings. The van der Waals surface area contributed by atoms with E-state index in [1.54, 1.807) is 12.1 Å². The molecule has 4 nitrogen and oxygen atoms in total. The molecule has 0 spiro atoms. The Morgan fingerprint density at radius 3 is 2.90 bits per heavy atom. The Bertz CT molecular complexity index is 445. The summed E-state index contributed by atoms with van der Waals surface area (Å²) in [5.74, 6) is 0.395. The zero-order valence-corrected chi connectivity index (χ0v) is 11.8. The lowest BCUT2D eigenvalue weighted by Gasteiger charge is -2.28. The number of hydrogen-bond donors (Lipinski definition) is 1. The Morgan fingerprint density at radius 1 is 1.45 bits per heavy atom. The van der Waals surface area contributed by atoms with Crippen LogP contribution in [0.2, 0.25) is 0 Å². The molecule has 1 fully saturated rings. The highest BCUT2D eigenvalue weighted by molar-refractivity contribution is 5.77. The van der Waals surface area contributed by atoms with Crippen molar-refractivity contribution in [1.82, 2.24) is 10.2 Å². The van der Waals surface area contributed by atoms with Crippen molar-refractivity contribution in [3.8, 4) is 5.75 Å². The maximum Gasteiger partial charge on any atom is 0.257 e. The van der Waals surface area contributed by atoms with E-state index in [1.807, 2.05) is 0 Å². The third kappa shape index (κ3) is 4.81. The lowest BCUT2D eigenvalue weighted by Crippen LogP contribution is -2.38. The van der Waals surface area contributed by atoms with Gasteiger partial charge < -0.3 is 15.0 Å². The van der Waals surface area contributed by atoms with E-state index in [-0.39, 0.29) is 18.3 Å². The third-order valence-electron chi connectivity index (χ3n) is 3.59. The minimum absolute atomic E-state index is 0.0733. The second kappa shape index (κ2) is 7.24. The number of ether oxygens (including phenoxy) is 1. The van der Waals surface area contributed by atoms with Gasteiger partial charge in [-0.15, -0.1) is 0 Å². The average Bonchev–Trinajstić information content (AvgIpc) is 2.45. The average molecular weight is 280 g/mol. The van der Waals surface area contributed by atoms with E-state index < -0.39 is 0 Å². The third-order valence-corrected chi connectivity index (χ3v) is 3.59. The summed E-state index contributed by atoms with van der Waals surface area (Å²) in [6.07, 6.45) is 2.23. The first-order chi connectivity index (χ1) is 9.63. The van der Waals surface area contributed by atoms with Gasteiger partial charge in [-0.25, -0.2) is 4.39 Å². The Balaban J connectivity index is 1.65. The van der Waals surface area contributed by atoms with Crippen LogP contribution in [0.1, 0.15) is 12.8 Å². The van der Waals surface area contributed by atoms with Gasteiger partial charge in [0.2, 0.25) is 0 Å². The fourth-order valence-corrected chi connectivity index (χ4v) is 2.28. The molecule has 110 valence electrons. The summed E-state index contributed by atoms with van der Waals surface area (Å²) in [6, 6.07) is 5.80. The number of benzene rings is 1. The number of halogens is 1. The number of carbonyl (C=O) groups is 1. The number of amides is 1. The molecule has 0 saturated carbocycles. The fraction of sp³-hybridized carbons (Fsp3) is 0.533. The number of nitrogens with zero attached hydrogens (tertiary/aromatic N) is 1. The molecular formula is C15H21FN2O2. The second-order valence-corrected chi connectivity index (χ2v) is 5.30. The first-order valence-electron chi connectivity index (χ1n) is 6.97. The van der Waals surface area contributed by atoms with Crippen LogP contribution in [0.15, 0.2) is 24.3 Å². The quantitative estimate of drug-likeness (QED) is 0.892. The molecule has 1 saturated heterocycles. The van der Waals surface area contributed by atoms with Crippen molar-refractivity contribution in [3.05, 3.63) is 30.1 Å². The summed E-state index contributed by atoms with van der Waals surface area (Å²) in [5, 5.41) is 2.88. The topological polar surface area (TPSA) is 41.6 Å². The van der Waals surface area contributed by atoms with E-state index in [0.29, 0.717) is 18.2 Å². The summed E-state index contributed by atoms with van der Waals surface area (Å²) in [5.41, 5.74) is 0. The van der Waals surface area contributed by atoms with E-state index in [4.69, 9.17) is 4.74 Å². The zero-order chi connectivity index (χ0) is 14.4. The lowest BCUT2D eigenvalue weighted by atomic mass is 9.97. The van der Waals surface area contributed by atoms with Crippen molar-refractivity contribution in [2.45, 2.75) is 12.8 Å². The zero-order valence-electron chi connectivity index (χ0n) is 11.8. The number of carbonyl (C=O) groups excluding carboxylic acids is 1. The van der Waals surface area contributed by atoms with Crippen molar-refractivity contribution in [2.75, 3.05) is 33.3 Å². The van der Waals surface area contributed by atoms with Crippen LogP contribution in [0.3, 0.4) is 0 Å². The molecule has 1 aromatic carbocycles. The van der Waals surface area contributed by atoms with Crippen LogP contribution in [0.5, 0.6) is 5.75 Å². The van der Waals surface area contributed by atoms with Crippen molar-refractivity contribution < 1.29 is 13.9 Å². The summed E-state index contributed by atoms with van der Waals surface area (Å²) >= 11 is 0. The minimum Gasteiger partial charge on any atom is -0.484 e. The van der Waals surface area contributed by atoms with Crippen LogP contribution in [-0.4, -0.2) is 44.1 Å². The molecular weight excluding hydrogens is 259 g/mol. The Morgan fingerprint density at radius 2 is 2.20 bits per heavy atom. The number of nitrogens with one attached hydrogen (secondary N) is 1. The second-order valence-electron chi connectivity index (χ2n) is 5.30. The monoisotopic (exact) mass is 280 g/mol. The van der Waals surface area contributed by atoms with E-state index in [2.05, 4.69) is 17.3 Å². The van der Waals surface area contributed by atoms with Crippen molar-refractivity contribution in [3.63, 3.8) is 0 Å². The van der Waals surface area contributed by atoms with Crippen LogP contribution in [0.4, 0.5) is 4.39 Å². The molecule has 1 N–H and O–H groups in total. The van der Waals surface area contributed by atoms with Crippen LogP contribution >= 0.6 is 0 Å². The number of rotatable bonds is 5. The number of piperidine rings is 1. The van der Waals surface area contributed by atoms with Gasteiger partial charge in [0.1, 0.15) is 11.6 Å². The van der Waals surface area contributed by atoms with Gasteiger partial charge in [-0.2, -0.15) is 0 Å². The molecule has 1 amide bonds. The molecule has 1 aliphatic heterocycles. The van der Waals surface area contributed by atoms with Gasteiger partial charge in [0, 0.05) is 12.6 Å². The van der Waals surface area contributed by atoms with Crippen LogP contribution in [0.25, 0.3) is 0 Å². The molecule has 0 bridgehead atoms. The van der Waals surface area contributed by atoms with Crippen molar-refractivity contribution in [2.24, 2.45) is 5.92 Å². The first-order valence-corrected chi connectivity index (χ1v) is 6.97. The molecule has 20 heavy (non-hydrogen) atoms. The van der Waals surface area contributed by atoms with Crippen LogP contribution in [0, 0.1) is 11.7 Å². The van der Waals surface area contributed by atoms with Crippen LogP contribution in [-0.2, 0) is 4.79 Å². The molecule has 0 aliphatic carbocycles. The SMILES string of the molecule is CN1CCC(CNC(=O)COc2cccc(F)c2)CC1. The maximum atomic E-state index is 12.9. The van der Waals surface area contributed by atoms with Crippen molar-refractivity contribution in [1.29, 1.82) is 0 Å². The van der Waals surface area contributed by atoms with Gasteiger partial charge in [0.15, 0.2) is 6.61 Å². The molecule has 1 heterocycles. The predicted molar refractivity (Wildman–Crippen MR) is 75.1 cm³/mol. The molecule has 5 heteroatoms. The molecule has 1 aromatic rings. The van der Waals surface area contributed by atoms with Gasteiger partial charge in [-0.05, 0) is 51.0 Å². The lowest BCUT2D eigenvalue weighted by molar-refractivity contribution is -0.123. The fourth-order valence-electron chi connectivity index (χ4n) is 2.28. The Kier molecular flexibility index (Phi) is 5.35. The highest BCUT2D eigenvalue weighted by Crippen LogP contribution is 2.15. The van der Waals surface area contributed by atoms with E-state index in [9.17, 15) is 9.18 Å². The molecule has 0 radical (unpaired) electrons. The van der Waals surface area contributed by atoms with E-state index in [0.717, 1.165) is 25.9 Å². The number of hydrogen-bond acceptors (Lipinski definition) is 3. The molecule has 0 aromatic heterocycles. The van der Waals surface area contributed by atoms with E-state index >= 15 is 0 Å². The maximum absolute atomic E-state index is 12.9. The molecule has 0 unspecified atom stereocenters. The Labute approximate surface area is 118 Å². The van der Waals surface area contributed by atoms with Gasteiger partial charge in [-0.3, -0.25) is 4.79 Å². The van der Waals surface area contributed by atoms with Gasteiger partial charge in [0.05, 0.1) is 0 Å². The molecule has 2 rings (SSSR count). The van der Waals surface area contributed by atoms with Gasteiger partial charge in [-0.1, -0.05) is 6.07 Å². The summed E-state index contributed by atoms with van der Waals surface area (Å²) in [4.78, 5) is 14.0. The Hall–Kier alpha value is -1.62. The highest BCUT2D eigenvalue weighted by Gasteiger charge is 2.17. The largest absolute Gasteiger partial charge is 0.484 e. The van der Waals surface area contributed by atoms with E-state index in [1.165, 1.54) is 12.1 Å².